The molecule has 11 atom stereocenters. The number of hydrogen-bond acceptors (Lipinski definition) is 14. The van der Waals surface area contributed by atoms with Gasteiger partial charge >= 0.3 is 0 Å². The number of aliphatic hydroxyl groups excluding tert-OH is 2. The Hall–Kier alpha value is -4.02. The summed E-state index contributed by atoms with van der Waals surface area (Å²) in [6, 6.07) is 5.04. The van der Waals surface area contributed by atoms with E-state index in [0.717, 1.165) is 66.5 Å². The highest BCUT2D eigenvalue weighted by Crippen LogP contribution is 2.59. The zero-order chi connectivity index (χ0) is 46.9. The molecule has 0 amide bonds. The second-order valence-electron chi connectivity index (χ2n) is 20.3. The van der Waals surface area contributed by atoms with Crippen molar-refractivity contribution in [3.8, 4) is 46.7 Å². The molecule has 0 radical (unpaired) electrons. The summed E-state index contributed by atoms with van der Waals surface area (Å²) in [6.07, 6.45) is 11.0. The van der Waals surface area contributed by atoms with Gasteiger partial charge in [0.1, 0.15) is 12.5 Å². The number of allylic oxidation sites excluding steroid dienone is 1. The fourth-order valence-electron chi connectivity index (χ4n) is 12.3. The summed E-state index contributed by atoms with van der Waals surface area (Å²) in [5.74, 6) is 18.2. The molecular formula is C53H68N4O8S2. The number of aryl methyl sites for hydroxylation is 2. The maximum absolute atomic E-state index is 13.3. The molecule has 4 heterocycles. The van der Waals surface area contributed by atoms with Crippen molar-refractivity contribution in [2.45, 2.75) is 127 Å². The number of hydrogen-bond donors (Lipinski definition) is 6. The first-order valence-electron chi connectivity index (χ1n) is 24.4. The van der Waals surface area contributed by atoms with Crippen molar-refractivity contribution in [3.05, 3.63) is 58.2 Å². The summed E-state index contributed by atoms with van der Waals surface area (Å²) in [5, 5.41) is 42.3. The Balaban J connectivity index is 1.22. The van der Waals surface area contributed by atoms with E-state index in [4.69, 9.17) is 29.7 Å². The molecule has 4 aliphatic heterocycles. The van der Waals surface area contributed by atoms with E-state index in [1.807, 2.05) is 7.11 Å². The van der Waals surface area contributed by atoms with Crippen molar-refractivity contribution in [2.24, 2.45) is 51.6 Å². The van der Waals surface area contributed by atoms with Crippen molar-refractivity contribution >= 4 is 33.3 Å². The fourth-order valence-corrected chi connectivity index (χ4v) is 15.2. The van der Waals surface area contributed by atoms with Gasteiger partial charge in [0.15, 0.2) is 29.0 Å². The van der Waals surface area contributed by atoms with Gasteiger partial charge in [-0.2, -0.15) is 0 Å². The fraction of sp³-hybridized carbons (Fsp3) is 0.623. The molecule has 7 N–H and O–H groups in total. The number of ether oxygens (including phenoxy) is 4. The number of carbonyl (C=O) groups is 1. The maximum Gasteiger partial charge on any atom is 0.201 e. The summed E-state index contributed by atoms with van der Waals surface area (Å²) >= 11 is 0. The van der Waals surface area contributed by atoms with Crippen LogP contribution in [0.25, 0.3) is 0 Å². The van der Waals surface area contributed by atoms with Crippen LogP contribution in [0.3, 0.4) is 0 Å². The van der Waals surface area contributed by atoms with E-state index in [1.165, 1.54) is 7.11 Å². The van der Waals surface area contributed by atoms with Gasteiger partial charge in [0.05, 0.1) is 36.3 Å². The van der Waals surface area contributed by atoms with Crippen LogP contribution in [0.5, 0.6) is 23.0 Å². The molecule has 12 nitrogen and oxygen atoms in total. The number of ketones is 1. The van der Waals surface area contributed by atoms with Crippen molar-refractivity contribution in [3.63, 3.8) is 0 Å². The first-order chi connectivity index (χ1) is 32.4. The number of aliphatic imine (C=N–C) groups is 1. The average Bonchev–Trinajstić information content (AvgIpc) is 3.71. The predicted molar refractivity (Wildman–Crippen MR) is 264 cm³/mol. The lowest BCUT2D eigenvalue weighted by Crippen LogP contribution is -2.63. The first-order valence-corrected chi connectivity index (χ1v) is 26.9. The topological polar surface area (TPSA) is 177 Å². The van der Waals surface area contributed by atoms with E-state index in [1.54, 1.807) is 33.7 Å². The molecule has 0 unspecified atom stereocenters. The number of nitrogens with one attached hydrogen (secondary N) is 2. The number of fused-ring (bicyclic) bond motifs is 7. The van der Waals surface area contributed by atoms with E-state index in [0.29, 0.717) is 84.7 Å². The molecule has 10 rings (SSSR count). The summed E-state index contributed by atoms with van der Waals surface area (Å²) < 4.78 is 25.4. The smallest absolute Gasteiger partial charge is 0.201 e. The number of carbonyl (C=O) groups excluding carboxylic acids is 1. The van der Waals surface area contributed by atoms with Crippen LogP contribution in [0.15, 0.2) is 35.3 Å². The highest BCUT2D eigenvalue weighted by molar-refractivity contribution is 8.76. The number of aliphatic hydroxyl groups is 2. The Kier molecular flexibility index (Phi) is 14.7. The molecule has 4 aliphatic carbocycles. The molecule has 8 bridgehead atoms. The summed E-state index contributed by atoms with van der Waals surface area (Å²) in [7, 11) is 6.88. The highest BCUT2D eigenvalue weighted by atomic mass is 33.1. The Bertz CT molecular complexity index is 2370. The van der Waals surface area contributed by atoms with Crippen LogP contribution in [0, 0.1) is 64.6 Å². The lowest BCUT2D eigenvalue weighted by Gasteiger charge is -2.53. The van der Waals surface area contributed by atoms with Gasteiger partial charge in [0.2, 0.25) is 6.29 Å². The number of guanidine groups is 1. The minimum atomic E-state index is -1.21. The second kappa shape index (κ2) is 20.5. The van der Waals surface area contributed by atoms with E-state index in [-0.39, 0.29) is 55.2 Å². The van der Waals surface area contributed by atoms with E-state index in [9.17, 15) is 20.1 Å². The SMILES string of the molecule is COC[C@H]1C[C@@H]2CCCC[C@@]23NCOc2c4cc(c5c2O[C@H](O)[C@@H](C5)[C@H]2CSSC[C@H](C(C)C)N=C(N)N[C@H]2C#C[C@]32C=C[C@H]1C2)CC[C@@H](O)CC(=O)CCc1ccc(O)c(OC)c1C#CC4. The van der Waals surface area contributed by atoms with Crippen molar-refractivity contribution in [1.82, 2.24) is 10.6 Å². The molecule has 0 saturated heterocycles. The summed E-state index contributed by atoms with van der Waals surface area (Å²) in [5.41, 5.74) is 9.89. The van der Waals surface area contributed by atoms with Crippen LogP contribution >= 0.6 is 21.6 Å². The van der Waals surface area contributed by atoms with Gasteiger partial charge in [-0.15, -0.1) is 0 Å². The second-order valence-corrected chi connectivity index (χ2v) is 22.8. The summed E-state index contributed by atoms with van der Waals surface area (Å²) in [4.78, 5) is 18.3. The molecule has 2 aromatic rings. The largest absolute Gasteiger partial charge is 0.504 e. The third-order valence-corrected chi connectivity index (χ3v) is 18.5. The third-order valence-electron chi connectivity index (χ3n) is 16.0. The molecule has 360 valence electrons. The lowest BCUT2D eigenvalue weighted by atomic mass is 9.57. The average molecular weight is 953 g/mol. The predicted octanol–water partition coefficient (Wildman–Crippen LogP) is 6.47. The molecule has 2 spiro atoms. The normalized spacial score (nSPS) is 34.0. The van der Waals surface area contributed by atoms with Crippen molar-refractivity contribution in [1.29, 1.82) is 0 Å². The molecule has 8 aliphatic rings. The van der Waals surface area contributed by atoms with E-state index < -0.39 is 35.3 Å². The van der Waals surface area contributed by atoms with Gasteiger partial charge in [0.25, 0.3) is 0 Å². The number of phenolic OH excluding ortho intramolecular Hbond substituents is 1. The Morgan fingerprint density at radius 2 is 1.88 bits per heavy atom. The number of Topliss-reactive ketones (excluding diaryl/α,β-unsaturated/α-hetero) is 1. The van der Waals surface area contributed by atoms with Crippen LogP contribution in [0.2, 0.25) is 0 Å². The molecule has 2 fully saturated rings. The minimum Gasteiger partial charge on any atom is -0.504 e. The number of nitrogens with zero attached hydrogens (tertiary/aromatic N) is 1. The van der Waals surface area contributed by atoms with Crippen LogP contribution in [-0.2, 0) is 35.2 Å². The number of nitrogens with two attached hydrogens (primary N) is 1. The molecule has 2 aromatic carbocycles. The standard InChI is InChI=1S/C53H68N4O8S2/c1-31(2)45-29-67-66-28-43-42-25-41-33-12-15-39(59)24-38(58)14-11-32-13-16-46(60)48(63-4)40(32)10-7-8-34(22-33)47(49(41)65-50(42)61)64-30-55-53-19-6-5-9-37(53)23-36(27-62-3)35-17-20-52(53,26-35)21-18-44(43)56-51(54)57-45/h13,16-17,20,22,31,35-37,39,42-45,50,55,59-61H,5-6,8-9,11-12,14-15,19,23-30H2,1-4H3,(H3,54,56,57)/t35-,36+,37-,39+,42-,43+,44-,45+,50-,52-,53+/m0/s1. The number of rotatable bonds is 4. The lowest BCUT2D eigenvalue weighted by molar-refractivity contribution is -0.121. The first kappa shape index (κ1) is 48.0. The van der Waals surface area contributed by atoms with Crippen molar-refractivity contribution in [2.75, 3.05) is 39.1 Å². The molecular weight excluding hydrogens is 885 g/mol. The van der Waals surface area contributed by atoms with Crippen molar-refractivity contribution < 1.29 is 39.1 Å². The van der Waals surface area contributed by atoms with Crippen LogP contribution < -0.4 is 30.6 Å². The maximum atomic E-state index is 13.3. The van der Waals surface area contributed by atoms with Gasteiger partial charge in [-0.1, -0.05) is 96.2 Å². The Labute approximate surface area is 404 Å². The number of phenols is 1. The van der Waals surface area contributed by atoms with Crippen LogP contribution in [0.4, 0.5) is 0 Å². The molecule has 67 heavy (non-hydrogen) atoms. The van der Waals surface area contributed by atoms with Gasteiger partial charge in [-0.3, -0.25) is 10.1 Å². The molecule has 14 heteroatoms. The zero-order valence-electron chi connectivity index (χ0n) is 39.4. The Morgan fingerprint density at radius 3 is 2.70 bits per heavy atom. The zero-order valence-corrected chi connectivity index (χ0v) is 41.0. The summed E-state index contributed by atoms with van der Waals surface area (Å²) in [6.45, 7) is 5.21. The molecule has 0 aromatic heterocycles. The number of benzene rings is 2. The van der Waals surface area contributed by atoms with E-state index in [2.05, 4.69) is 66.4 Å². The van der Waals surface area contributed by atoms with E-state index >= 15 is 0 Å². The Morgan fingerprint density at radius 1 is 1.03 bits per heavy atom. The molecule has 2 saturated carbocycles. The minimum absolute atomic E-state index is 0.0198. The van der Waals surface area contributed by atoms with Crippen LogP contribution in [0.1, 0.15) is 99.5 Å². The van der Waals surface area contributed by atoms with Gasteiger partial charge in [-0.05, 0) is 92.2 Å². The number of methoxy groups -OCH3 is 2. The monoisotopic (exact) mass is 952 g/mol. The highest BCUT2D eigenvalue weighted by Gasteiger charge is 2.60. The number of aromatic hydroxyl groups is 1. The van der Waals surface area contributed by atoms with Crippen LogP contribution in [-0.4, -0.2) is 96.1 Å². The van der Waals surface area contributed by atoms with Gasteiger partial charge < -0.3 is 45.3 Å². The quantitative estimate of drug-likeness (QED) is 0.112. The van der Waals surface area contributed by atoms with Gasteiger partial charge in [0, 0.05) is 73.0 Å². The third kappa shape index (κ3) is 9.65. The van der Waals surface area contributed by atoms with Gasteiger partial charge in [-0.25, -0.2) is 4.99 Å².